The van der Waals surface area contributed by atoms with Crippen LogP contribution in [0.4, 0.5) is 5.69 Å². The van der Waals surface area contributed by atoms with E-state index in [1.54, 1.807) is 28.7 Å². The zero-order valence-electron chi connectivity index (χ0n) is 13.8. The van der Waals surface area contributed by atoms with Crippen molar-refractivity contribution < 1.29 is 14.9 Å². The highest BCUT2D eigenvalue weighted by atomic mass is 35.5. The van der Waals surface area contributed by atoms with Crippen LogP contribution in [0.25, 0.3) is 16.4 Å². The molecule has 0 aliphatic rings. The molecule has 4 rings (SSSR count). The third-order valence-corrected chi connectivity index (χ3v) is 4.73. The highest BCUT2D eigenvalue weighted by Gasteiger charge is 2.21. The largest absolute Gasteiger partial charge is 0.317 e. The average Bonchev–Trinajstić information content (AvgIpc) is 3.07. The molecule has 0 saturated carbocycles. The lowest BCUT2D eigenvalue weighted by Gasteiger charge is -2.08. The smallest absolute Gasteiger partial charge is 0.305 e. The van der Waals surface area contributed by atoms with Gasteiger partial charge in [0.15, 0.2) is 0 Å². The summed E-state index contributed by atoms with van der Waals surface area (Å²) < 4.78 is 1.68. The monoisotopic (exact) mass is 376 g/mol. The summed E-state index contributed by atoms with van der Waals surface area (Å²) in [5.41, 5.74) is 2.04. The minimum atomic E-state index is -0.386. The molecule has 2 aromatic carbocycles. The molecule has 7 heteroatoms. The average molecular weight is 377 g/mol. The third kappa shape index (κ3) is 2.62. The van der Waals surface area contributed by atoms with Crippen LogP contribution in [-0.2, 0) is 0 Å². The van der Waals surface area contributed by atoms with Crippen LogP contribution in [-0.4, -0.2) is 20.3 Å². The number of rotatable bonds is 3. The molecule has 130 valence electrons. The number of pyridine rings is 1. The Morgan fingerprint density at radius 2 is 1.85 bits per heavy atom. The molecular weight excluding hydrogens is 366 g/mol. The van der Waals surface area contributed by atoms with Gasteiger partial charge in [-0.15, -0.1) is 0 Å². The molecule has 2 aromatic heterocycles. The van der Waals surface area contributed by atoms with E-state index in [2.05, 4.69) is 6.07 Å². The van der Waals surface area contributed by atoms with Gasteiger partial charge in [-0.1, -0.05) is 29.8 Å². The topological polar surface area (TPSA) is 85.6 Å². The predicted molar refractivity (Wildman–Crippen MR) is 99.6 cm³/mol. The number of aromatic nitrogens is 1. The summed E-state index contributed by atoms with van der Waals surface area (Å²) in [4.78, 5) is 24.0. The number of halogens is 1. The Kier molecular flexibility index (Phi) is 3.87. The van der Waals surface area contributed by atoms with Crippen molar-refractivity contribution in [2.24, 2.45) is 0 Å². The number of hydrogen-bond donors (Lipinski definition) is 1. The maximum absolute atomic E-state index is 13.1. The molecule has 0 bridgehead atoms. The minimum Gasteiger partial charge on any atom is -0.305 e. The summed E-state index contributed by atoms with van der Waals surface area (Å²) in [7, 11) is 0. The second kappa shape index (κ2) is 6.24. The predicted octanol–water partition coefficient (Wildman–Crippen LogP) is 4.65. The van der Waals surface area contributed by atoms with Gasteiger partial charge in [-0.3, -0.25) is 4.79 Å². The molecule has 27 heavy (non-hydrogen) atoms. The molecular formula is C20H11ClN3O3+. The summed E-state index contributed by atoms with van der Waals surface area (Å²) >= 11 is 6.27. The fourth-order valence-electron chi connectivity index (χ4n) is 3.17. The Morgan fingerprint density at radius 1 is 1.07 bits per heavy atom. The molecule has 0 radical (unpaired) electrons. The van der Waals surface area contributed by atoms with E-state index in [0.29, 0.717) is 21.6 Å². The van der Waals surface area contributed by atoms with E-state index < -0.39 is 0 Å². The molecule has 0 saturated heterocycles. The zero-order chi connectivity index (χ0) is 19.1. The molecule has 1 N–H and O–H groups in total. The number of nitrogens with zero attached hydrogens (tertiary/aromatic N) is 3. The van der Waals surface area contributed by atoms with Crippen LogP contribution in [0, 0.1) is 16.2 Å². The van der Waals surface area contributed by atoms with Crippen molar-refractivity contribution in [3.8, 4) is 6.07 Å². The van der Waals surface area contributed by atoms with Crippen LogP contribution >= 0.6 is 11.6 Å². The molecule has 0 atom stereocenters. The van der Waals surface area contributed by atoms with E-state index in [0.717, 1.165) is 5.39 Å². The molecule has 2 heterocycles. The van der Waals surface area contributed by atoms with E-state index in [1.807, 2.05) is 12.1 Å². The van der Waals surface area contributed by atoms with Gasteiger partial charge in [-0.2, -0.15) is 5.26 Å². The SMILES string of the molecule is N#Cc1cc(C(=O)c2cccc([N+](=O)O)c2)n2c1ccc1c(Cl)cccc12. The number of ketones is 1. The van der Waals surface area contributed by atoms with Crippen LogP contribution < -0.4 is 0 Å². The Labute approximate surface area is 158 Å². The van der Waals surface area contributed by atoms with Crippen molar-refractivity contribution in [3.63, 3.8) is 0 Å². The lowest BCUT2D eigenvalue weighted by molar-refractivity contribution is -0.729. The molecule has 0 aliphatic carbocycles. The van der Waals surface area contributed by atoms with Crippen molar-refractivity contribution in [3.05, 3.63) is 87.4 Å². The fraction of sp³-hybridized carbons (Fsp3) is 0. The maximum Gasteiger partial charge on any atom is 0.317 e. The summed E-state index contributed by atoms with van der Waals surface area (Å²) in [5, 5.41) is 19.8. The van der Waals surface area contributed by atoms with Crippen LogP contribution in [0.1, 0.15) is 21.6 Å². The molecule has 0 unspecified atom stereocenters. The van der Waals surface area contributed by atoms with Crippen LogP contribution in [0.5, 0.6) is 0 Å². The van der Waals surface area contributed by atoms with E-state index in [9.17, 15) is 15.0 Å². The zero-order valence-corrected chi connectivity index (χ0v) is 14.5. The normalized spacial score (nSPS) is 10.8. The number of hydrogen-bond acceptors (Lipinski definition) is 3. The first kappa shape index (κ1) is 16.8. The van der Waals surface area contributed by atoms with E-state index in [4.69, 9.17) is 16.8 Å². The first-order valence-electron chi connectivity index (χ1n) is 7.95. The van der Waals surface area contributed by atoms with Crippen LogP contribution in [0.3, 0.4) is 0 Å². The van der Waals surface area contributed by atoms with Gasteiger partial charge < -0.3 is 4.40 Å². The lowest BCUT2D eigenvalue weighted by Crippen LogP contribution is -2.06. The molecule has 4 aromatic rings. The van der Waals surface area contributed by atoms with Crippen molar-refractivity contribution in [2.75, 3.05) is 0 Å². The minimum absolute atomic E-state index is 0.0601. The summed E-state index contributed by atoms with van der Waals surface area (Å²) in [6, 6.07) is 18.2. The van der Waals surface area contributed by atoms with Gasteiger partial charge in [-0.05, 0) is 30.3 Å². The Hall–Kier alpha value is -3.69. The first-order chi connectivity index (χ1) is 13.0. The van der Waals surface area contributed by atoms with Crippen molar-refractivity contribution >= 4 is 39.5 Å². The van der Waals surface area contributed by atoms with E-state index >= 15 is 0 Å². The van der Waals surface area contributed by atoms with E-state index in [1.165, 1.54) is 24.3 Å². The highest BCUT2D eigenvalue weighted by molar-refractivity contribution is 6.35. The number of carbonyl (C=O) groups is 1. The van der Waals surface area contributed by atoms with E-state index in [-0.39, 0.29) is 27.7 Å². The molecule has 0 aliphatic heterocycles. The Balaban J connectivity index is 2.03. The number of nitriles is 1. The maximum atomic E-state index is 13.1. The Bertz CT molecular complexity index is 1300. The van der Waals surface area contributed by atoms with Crippen LogP contribution in [0.2, 0.25) is 5.02 Å². The molecule has 6 nitrogen and oxygen atoms in total. The van der Waals surface area contributed by atoms with Gasteiger partial charge in [0, 0.05) is 28.1 Å². The standard InChI is InChI=1S/C20H11ClN3O3/c21-16-5-2-6-18-15(16)7-8-17-13(11-22)10-19(23(17)18)20(25)12-3-1-4-14(9-12)24(26)27/h1-10H,(H,26,27)/q+1. The molecule has 0 amide bonds. The van der Waals surface area contributed by atoms with Gasteiger partial charge in [0.05, 0.1) is 27.2 Å². The molecule has 0 fully saturated rings. The van der Waals surface area contributed by atoms with Crippen molar-refractivity contribution in [2.45, 2.75) is 0 Å². The van der Waals surface area contributed by atoms with Gasteiger partial charge in [0.25, 0.3) is 4.92 Å². The summed E-state index contributed by atoms with van der Waals surface area (Å²) in [6.45, 7) is 0. The quantitative estimate of drug-likeness (QED) is 0.416. The van der Waals surface area contributed by atoms with Gasteiger partial charge in [0.1, 0.15) is 6.07 Å². The second-order valence-corrected chi connectivity index (χ2v) is 6.34. The van der Waals surface area contributed by atoms with Crippen molar-refractivity contribution in [1.29, 1.82) is 5.26 Å². The fourth-order valence-corrected chi connectivity index (χ4v) is 3.40. The van der Waals surface area contributed by atoms with Crippen molar-refractivity contribution in [1.82, 2.24) is 4.40 Å². The van der Waals surface area contributed by atoms with Gasteiger partial charge in [0.2, 0.25) is 5.78 Å². The number of benzene rings is 2. The highest BCUT2D eigenvalue weighted by Crippen LogP contribution is 2.29. The van der Waals surface area contributed by atoms with Crippen LogP contribution in [0.15, 0.2) is 60.7 Å². The van der Waals surface area contributed by atoms with Gasteiger partial charge >= 0.3 is 5.69 Å². The second-order valence-electron chi connectivity index (χ2n) is 5.93. The first-order valence-corrected chi connectivity index (χ1v) is 8.33. The lowest BCUT2D eigenvalue weighted by atomic mass is 10.1. The molecule has 0 spiro atoms. The number of fused-ring (bicyclic) bond motifs is 3. The summed E-state index contributed by atoms with van der Waals surface area (Å²) in [5.74, 6) is -0.386. The third-order valence-electron chi connectivity index (χ3n) is 4.40. The number of carbonyl (C=O) groups excluding carboxylic acids is 1. The van der Waals surface area contributed by atoms with Gasteiger partial charge in [-0.25, -0.2) is 5.21 Å². The summed E-state index contributed by atoms with van der Waals surface area (Å²) in [6.07, 6.45) is 0. The Morgan fingerprint density at radius 3 is 2.59 bits per heavy atom.